The molecule has 0 amide bonds. The van der Waals surface area contributed by atoms with E-state index in [0.29, 0.717) is 18.4 Å². The van der Waals surface area contributed by atoms with Gasteiger partial charge in [0.05, 0.1) is 18.2 Å². The zero-order valence-corrected chi connectivity index (χ0v) is 11.5. The molecule has 0 atom stereocenters. The monoisotopic (exact) mass is 279 g/mol. The minimum Gasteiger partial charge on any atom is -0.454 e. The van der Waals surface area contributed by atoms with Crippen LogP contribution in [0.25, 0.3) is 0 Å². The molecule has 5 heteroatoms. The Bertz CT molecular complexity index is 499. The van der Waals surface area contributed by atoms with E-state index in [-0.39, 0.29) is 5.41 Å². The maximum atomic E-state index is 5.80. The van der Waals surface area contributed by atoms with E-state index in [1.165, 1.54) is 0 Å². The lowest BCUT2D eigenvalue weighted by Crippen LogP contribution is -2.19. The number of rotatable bonds is 6. The molecular formula is C14H17NO3S. The van der Waals surface area contributed by atoms with E-state index >= 15 is 0 Å². The molecule has 0 aromatic heterocycles. The van der Waals surface area contributed by atoms with Gasteiger partial charge in [-0.15, -0.1) is 0 Å². The molecule has 19 heavy (non-hydrogen) atoms. The normalized spacial score (nSPS) is 18.3. The van der Waals surface area contributed by atoms with E-state index in [0.717, 1.165) is 42.9 Å². The first-order valence-corrected chi connectivity index (χ1v) is 6.82. The molecule has 2 aliphatic rings. The highest BCUT2D eigenvalue weighted by atomic mass is 32.1. The number of hydrogen-bond donors (Lipinski definition) is 1. The third-order valence-electron chi connectivity index (χ3n) is 3.62. The Morgan fingerprint density at radius 3 is 2.84 bits per heavy atom. The smallest absolute Gasteiger partial charge is 0.231 e. The van der Waals surface area contributed by atoms with E-state index in [4.69, 9.17) is 32.2 Å². The summed E-state index contributed by atoms with van der Waals surface area (Å²) in [5.74, 6) is 1.60. The Balaban J connectivity index is 1.51. The van der Waals surface area contributed by atoms with Crippen molar-refractivity contribution in [2.75, 3.05) is 13.4 Å². The van der Waals surface area contributed by atoms with Crippen molar-refractivity contribution in [1.82, 2.24) is 0 Å². The number of ether oxygens (including phenoxy) is 3. The van der Waals surface area contributed by atoms with Gasteiger partial charge in [0, 0.05) is 11.8 Å². The van der Waals surface area contributed by atoms with Crippen molar-refractivity contribution in [2.24, 2.45) is 11.1 Å². The van der Waals surface area contributed by atoms with Crippen molar-refractivity contribution >= 4 is 17.2 Å². The van der Waals surface area contributed by atoms with E-state index in [9.17, 15) is 0 Å². The number of hydrogen-bond acceptors (Lipinski definition) is 4. The molecule has 0 bridgehead atoms. The summed E-state index contributed by atoms with van der Waals surface area (Å²) >= 11 is 4.97. The average Bonchev–Trinajstić information content (AvgIpc) is 2.95. The fourth-order valence-corrected chi connectivity index (χ4v) is 2.64. The lowest BCUT2D eigenvalue weighted by molar-refractivity contribution is 0.0803. The van der Waals surface area contributed by atoms with Crippen LogP contribution in [-0.4, -0.2) is 18.4 Å². The molecule has 1 saturated carbocycles. The van der Waals surface area contributed by atoms with Gasteiger partial charge in [0.15, 0.2) is 11.5 Å². The number of thiocarbonyl (C=S) groups is 1. The van der Waals surface area contributed by atoms with Gasteiger partial charge in [-0.3, -0.25) is 0 Å². The molecule has 1 aromatic carbocycles. The molecular weight excluding hydrogens is 262 g/mol. The van der Waals surface area contributed by atoms with Crippen molar-refractivity contribution in [3.8, 4) is 11.5 Å². The molecule has 4 nitrogen and oxygen atoms in total. The maximum absolute atomic E-state index is 5.80. The topological polar surface area (TPSA) is 53.7 Å². The van der Waals surface area contributed by atoms with Gasteiger partial charge in [0.2, 0.25) is 6.79 Å². The van der Waals surface area contributed by atoms with Crippen molar-refractivity contribution in [3.63, 3.8) is 0 Å². The summed E-state index contributed by atoms with van der Waals surface area (Å²) in [6.07, 6.45) is 3.11. The summed E-state index contributed by atoms with van der Waals surface area (Å²) in [7, 11) is 0. The Kier molecular flexibility index (Phi) is 3.33. The first-order chi connectivity index (χ1) is 9.17. The second kappa shape index (κ2) is 4.98. The fourth-order valence-electron chi connectivity index (χ4n) is 2.33. The molecule has 1 fully saturated rings. The summed E-state index contributed by atoms with van der Waals surface area (Å²) in [5, 5.41) is 0. The van der Waals surface area contributed by atoms with Crippen molar-refractivity contribution in [2.45, 2.75) is 25.9 Å². The minimum atomic E-state index is 0.210. The summed E-state index contributed by atoms with van der Waals surface area (Å²) in [5.41, 5.74) is 6.91. The minimum absolute atomic E-state index is 0.210. The van der Waals surface area contributed by atoms with E-state index in [2.05, 4.69) is 0 Å². The molecule has 1 heterocycles. The molecule has 0 saturated heterocycles. The summed E-state index contributed by atoms with van der Waals surface area (Å²) in [4.78, 5) is 0.587. The van der Waals surface area contributed by atoms with Gasteiger partial charge < -0.3 is 19.9 Å². The molecule has 102 valence electrons. The van der Waals surface area contributed by atoms with Crippen LogP contribution in [0.1, 0.15) is 24.8 Å². The molecule has 0 unspecified atom stereocenters. The van der Waals surface area contributed by atoms with Crippen LogP contribution in [0.15, 0.2) is 18.2 Å². The van der Waals surface area contributed by atoms with Gasteiger partial charge in [0.25, 0.3) is 0 Å². The fraction of sp³-hybridized carbons (Fsp3) is 0.500. The summed E-state index contributed by atoms with van der Waals surface area (Å²) in [6, 6.07) is 5.89. The highest BCUT2D eigenvalue weighted by molar-refractivity contribution is 7.80. The van der Waals surface area contributed by atoms with Crippen LogP contribution < -0.4 is 15.2 Å². The molecule has 1 aliphatic carbocycles. The molecule has 1 aromatic rings. The Morgan fingerprint density at radius 2 is 2.11 bits per heavy atom. The van der Waals surface area contributed by atoms with Crippen molar-refractivity contribution in [1.29, 1.82) is 0 Å². The lowest BCUT2D eigenvalue weighted by atomic mass is 10.0. The van der Waals surface area contributed by atoms with E-state index < -0.39 is 0 Å². The van der Waals surface area contributed by atoms with Gasteiger partial charge in [-0.1, -0.05) is 18.3 Å². The second-order valence-electron chi connectivity index (χ2n) is 5.32. The molecule has 0 spiro atoms. The molecule has 3 rings (SSSR count). The number of nitrogens with two attached hydrogens (primary N) is 1. The molecule has 2 N–H and O–H groups in total. The quantitative estimate of drug-likeness (QED) is 0.810. The Morgan fingerprint density at radius 1 is 1.32 bits per heavy atom. The largest absolute Gasteiger partial charge is 0.454 e. The van der Waals surface area contributed by atoms with E-state index in [1.807, 2.05) is 18.2 Å². The van der Waals surface area contributed by atoms with Crippen LogP contribution in [0.5, 0.6) is 11.5 Å². The number of benzene rings is 1. The van der Waals surface area contributed by atoms with Crippen molar-refractivity contribution in [3.05, 3.63) is 23.8 Å². The lowest BCUT2D eigenvalue weighted by Gasteiger charge is -2.14. The van der Waals surface area contributed by atoms with Gasteiger partial charge >= 0.3 is 0 Å². The third-order valence-corrected chi connectivity index (χ3v) is 3.76. The third kappa shape index (κ3) is 2.98. The van der Waals surface area contributed by atoms with Gasteiger partial charge in [-0.25, -0.2) is 0 Å². The second-order valence-corrected chi connectivity index (χ2v) is 5.85. The summed E-state index contributed by atoms with van der Waals surface area (Å²) in [6.45, 7) is 1.60. The molecule has 1 aliphatic heterocycles. The van der Waals surface area contributed by atoms with Gasteiger partial charge in [-0.2, -0.15) is 0 Å². The molecule has 0 radical (unpaired) electrons. The maximum Gasteiger partial charge on any atom is 0.231 e. The number of fused-ring (bicyclic) bond motifs is 1. The van der Waals surface area contributed by atoms with Crippen molar-refractivity contribution < 1.29 is 14.2 Å². The highest BCUT2D eigenvalue weighted by Gasteiger charge is 2.43. The first kappa shape index (κ1) is 12.7. The van der Waals surface area contributed by atoms with Crippen LogP contribution in [0.4, 0.5) is 0 Å². The highest BCUT2D eigenvalue weighted by Crippen LogP contribution is 2.49. The first-order valence-electron chi connectivity index (χ1n) is 6.42. The van der Waals surface area contributed by atoms with Crippen LogP contribution in [0.3, 0.4) is 0 Å². The van der Waals surface area contributed by atoms with Crippen LogP contribution >= 0.6 is 12.2 Å². The SMILES string of the molecule is NC(=S)CC1(COCc2ccc3c(c2)OCO3)CC1. The predicted molar refractivity (Wildman–Crippen MR) is 75.3 cm³/mol. The Labute approximate surface area is 117 Å². The zero-order chi connectivity index (χ0) is 13.3. The van der Waals surface area contributed by atoms with Crippen LogP contribution in [0, 0.1) is 5.41 Å². The average molecular weight is 279 g/mol. The Hall–Kier alpha value is -1.33. The standard InChI is InChI=1S/C14H17NO3S/c15-13(19)6-14(3-4-14)8-16-7-10-1-2-11-12(5-10)18-9-17-11/h1-2,5H,3-4,6-9H2,(H2,15,19). The summed E-state index contributed by atoms with van der Waals surface area (Å²) < 4.78 is 16.4. The van der Waals surface area contributed by atoms with E-state index in [1.54, 1.807) is 0 Å². The van der Waals surface area contributed by atoms with Crippen LogP contribution in [0.2, 0.25) is 0 Å². The van der Waals surface area contributed by atoms with Gasteiger partial charge in [0.1, 0.15) is 0 Å². The van der Waals surface area contributed by atoms with Crippen LogP contribution in [-0.2, 0) is 11.3 Å². The predicted octanol–water partition coefficient (Wildman–Crippen LogP) is 2.39. The zero-order valence-electron chi connectivity index (χ0n) is 10.7. The van der Waals surface area contributed by atoms with Gasteiger partial charge in [-0.05, 0) is 30.5 Å².